The van der Waals surface area contributed by atoms with Crippen molar-refractivity contribution in [2.24, 2.45) is 0 Å². The van der Waals surface area contributed by atoms with E-state index in [1.54, 1.807) is 0 Å². The summed E-state index contributed by atoms with van der Waals surface area (Å²) in [5.74, 6) is -0.473. The molecule has 1 N–H and O–H groups in total. The van der Waals surface area contributed by atoms with Crippen molar-refractivity contribution in [2.75, 3.05) is 11.8 Å². The Bertz CT molecular complexity index is 510. The number of carbonyl (C=O) groups is 1. The Morgan fingerprint density at radius 2 is 2.00 bits per heavy atom. The molecule has 0 bridgehead atoms. The number of hydrogen-bond acceptors (Lipinski definition) is 3. The number of nitrogens with zero attached hydrogens (tertiary/aromatic N) is 1. The number of halogens is 3. The largest absolute Gasteiger partial charge is 0.344 e. The van der Waals surface area contributed by atoms with Gasteiger partial charge in [-0.05, 0) is 12.5 Å². The average molecular weight is 340 g/mol. The fraction of sp³-hybridized carbons (Fsp3) is 0.417. The zero-order valence-corrected chi connectivity index (χ0v) is 12.9. The highest BCUT2D eigenvalue weighted by molar-refractivity contribution is 6.34. The van der Waals surface area contributed by atoms with Crippen LogP contribution in [0.2, 0.25) is 5.02 Å². The quantitative estimate of drug-likeness (QED) is 0.489. The van der Waals surface area contributed by atoms with E-state index in [1.807, 2.05) is 6.92 Å². The monoisotopic (exact) mass is 338 g/mol. The van der Waals surface area contributed by atoms with Crippen molar-refractivity contribution in [1.29, 1.82) is 0 Å². The van der Waals surface area contributed by atoms with E-state index in [2.05, 4.69) is 5.32 Å². The van der Waals surface area contributed by atoms with Crippen molar-refractivity contribution >= 4 is 46.4 Å². The van der Waals surface area contributed by atoms with E-state index in [-0.39, 0.29) is 28.0 Å². The Kier molecular flexibility index (Phi) is 6.05. The summed E-state index contributed by atoms with van der Waals surface area (Å²) in [6, 6.07) is 4.04. The number of rotatable bonds is 6. The predicted molar refractivity (Wildman–Crippen MR) is 80.0 cm³/mol. The number of benzene rings is 1. The molecule has 0 atom stereocenters. The summed E-state index contributed by atoms with van der Waals surface area (Å²) in [4.78, 5) is 22.6. The standard InChI is InChI=1S/C12H13Cl3N2O3/c1-2-12(6-13,7-14)16-11(18)10-8(15)4-3-5-9(10)17(19)20/h3-5H,2,6-7H2,1H3,(H,16,18). The first kappa shape index (κ1) is 17.0. The van der Waals surface area contributed by atoms with Crippen molar-refractivity contribution in [3.63, 3.8) is 0 Å². The Hall–Kier alpha value is -1.04. The molecule has 0 saturated carbocycles. The van der Waals surface area contributed by atoms with E-state index in [0.29, 0.717) is 6.42 Å². The van der Waals surface area contributed by atoms with Crippen molar-refractivity contribution in [2.45, 2.75) is 18.9 Å². The minimum absolute atomic E-state index is 0.00541. The minimum atomic E-state index is -0.826. The number of nitro benzene ring substituents is 1. The third-order valence-corrected chi connectivity index (χ3v) is 4.32. The lowest BCUT2D eigenvalue weighted by atomic mass is 10.0. The van der Waals surface area contributed by atoms with Crippen LogP contribution in [0.5, 0.6) is 0 Å². The van der Waals surface area contributed by atoms with Crippen molar-refractivity contribution in [3.05, 3.63) is 38.9 Å². The summed E-state index contributed by atoms with van der Waals surface area (Å²) in [6.45, 7) is 1.81. The smallest absolute Gasteiger partial charge is 0.283 e. The van der Waals surface area contributed by atoms with Crippen molar-refractivity contribution in [3.8, 4) is 0 Å². The first-order chi connectivity index (χ1) is 9.40. The molecule has 20 heavy (non-hydrogen) atoms. The second kappa shape index (κ2) is 7.11. The Morgan fingerprint density at radius 3 is 2.45 bits per heavy atom. The van der Waals surface area contributed by atoms with Gasteiger partial charge in [-0.2, -0.15) is 0 Å². The first-order valence-corrected chi connectivity index (χ1v) is 7.23. The molecule has 1 amide bonds. The number of alkyl halides is 2. The fourth-order valence-electron chi connectivity index (χ4n) is 1.57. The van der Waals surface area contributed by atoms with Crippen LogP contribution < -0.4 is 5.32 Å². The maximum atomic E-state index is 12.3. The van der Waals surface area contributed by atoms with Gasteiger partial charge in [-0.15, -0.1) is 23.2 Å². The average Bonchev–Trinajstić information content (AvgIpc) is 2.44. The molecule has 1 aromatic carbocycles. The molecule has 5 nitrogen and oxygen atoms in total. The predicted octanol–water partition coefficient (Wildman–Crippen LogP) is 3.60. The topological polar surface area (TPSA) is 72.2 Å². The van der Waals surface area contributed by atoms with Gasteiger partial charge in [0.25, 0.3) is 11.6 Å². The number of carbonyl (C=O) groups excluding carboxylic acids is 1. The molecule has 1 rings (SSSR count). The van der Waals surface area contributed by atoms with Gasteiger partial charge in [0.15, 0.2) is 0 Å². The van der Waals surface area contributed by atoms with Crippen molar-refractivity contribution < 1.29 is 9.72 Å². The second-order valence-corrected chi connectivity index (χ2v) is 5.19. The molecular weight excluding hydrogens is 327 g/mol. The first-order valence-electron chi connectivity index (χ1n) is 5.78. The molecule has 0 aliphatic heterocycles. The lowest BCUT2D eigenvalue weighted by Gasteiger charge is -2.29. The van der Waals surface area contributed by atoms with Gasteiger partial charge in [-0.25, -0.2) is 0 Å². The third-order valence-electron chi connectivity index (χ3n) is 2.98. The molecule has 110 valence electrons. The Morgan fingerprint density at radius 1 is 1.40 bits per heavy atom. The molecule has 0 heterocycles. The van der Waals surface area contributed by atoms with Crippen LogP contribution in [0.15, 0.2) is 18.2 Å². The van der Waals surface area contributed by atoms with Gasteiger partial charge in [-0.1, -0.05) is 24.6 Å². The fourth-order valence-corrected chi connectivity index (χ4v) is 2.63. The van der Waals surface area contributed by atoms with E-state index in [9.17, 15) is 14.9 Å². The van der Waals surface area contributed by atoms with E-state index >= 15 is 0 Å². The van der Waals surface area contributed by atoms with Crippen molar-refractivity contribution in [1.82, 2.24) is 5.32 Å². The van der Waals surface area contributed by atoms with Gasteiger partial charge in [0.1, 0.15) is 5.56 Å². The molecule has 0 saturated heterocycles. The zero-order valence-electron chi connectivity index (χ0n) is 10.7. The van der Waals surface area contributed by atoms with E-state index in [4.69, 9.17) is 34.8 Å². The molecule has 0 aliphatic carbocycles. The summed E-state index contributed by atoms with van der Waals surface area (Å²) in [5, 5.41) is 13.6. The van der Waals surface area contributed by atoms with Crippen LogP contribution in [0.3, 0.4) is 0 Å². The third kappa shape index (κ3) is 3.53. The van der Waals surface area contributed by atoms with Gasteiger partial charge in [0, 0.05) is 17.8 Å². The molecule has 0 aliphatic rings. The van der Waals surface area contributed by atoms with Crippen LogP contribution in [0.4, 0.5) is 5.69 Å². The summed E-state index contributed by atoms with van der Waals surface area (Å²) >= 11 is 17.6. The van der Waals surface area contributed by atoms with Crippen LogP contribution in [0.25, 0.3) is 0 Å². The number of nitrogens with one attached hydrogen (secondary N) is 1. The van der Waals surface area contributed by atoms with Crippen LogP contribution in [-0.4, -0.2) is 28.1 Å². The highest BCUT2D eigenvalue weighted by Crippen LogP contribution is 2.27. The molecule has 0 unspecified atom stereocenters. The Labute approximate surface area is 131 Å². The summed E-state index contributed by atoms with van der Waals surface area (Å²) in [7, 11) is 0. The number of hydrogen-bond donors (Lipinski definition) is 1. The second-order valence-electron chi connectivity index (χ2n) is 4.25. The van der Waals surface area contributed by atoms with E-state index in [0.717, 1.165) is 0 Å². The molecule has 0 aromatic heterocycles. The van der Waals surface area contributed by atoms with Crippen LogP contribution in [0.1, 0.15) is 23.7 Å². The summed E-state index contributed by atoms with van der Waals surface area (Å²) < 4.78 is 0. The molecule has 8 heteroatoms. The summed E-state index contributed by atoms with van der Waals surface area (Å²) in [5.41, 5.74) is -1.37. The molecule has 0 fully saturated rings. The van der Waals surface area contributed by atoms with E-state index < -0.39 is 16.4 Å². The minimum Gasteiger partial charge on any atom is -0.344 e. The number of amides is 1. The van der Waals surface area contributed by atoms with Gasteiger partial charge < -0.3 is 5.32 Å². The van der Waals surface area contributed by atoms with Crippen LogP contribution in [0, 0.1) is 10.1 Å². The molecule has 0 spiro atoms. The van der Waals surface area contributed by atoms with Gasteiger partial charge in [-0.3, -0.25) is 14.9 Å². The summed E-state index contributed by atoms with van der Waals surface area (Å²) in [6.07, 6.45) is 0.490. The number of nitro groups is 1. The molecular formula is C12H13Cl3N2O3. The SMILES string of the molecule is CCC(CCl)(CCl)NC(=O)c1c(Cl)cccc1[N+](=O)[O-]. The maximum absolute atomic E-state index is 12.3. The lowest BCUT2D eigenvalue weighted by molar-refractivity contribution is -0.385. The highest BCUT2D eigenvalue weighted by atomic mass is 35.5. The maximum Gasteiger partial charge on any atom is 0.283 e. The molecule has 1 aromatic rings. The van der Waals surface area contributed by atoms with Gasteiger partial charge >= 0.3 is 0 Å². The van der Waals surface area contributed by atoms with Gasteiger partial charge in [0.05, 0.1) is 15.5 Å². The normalized spacial score (nSPS) is 11.2. The zero-order chi connectivity index (χ0) is 15.3. The van der Waals surface area contributed by atoms with Crippen LogP contribution >= 0.6 is 34.8 Å². The van der Waals surface area contributed by atoms with E-state index in [1.165, 1.54) is 18.2 Å². The lowest BCUT2D eigenvalue weighted by Crippen LogP contribution is -2.51. The highest BCUT2D eigenvalue weighted by Gasteiger charge is 2.32. The van der Waals surface area contributed by atoms with Crippen LogP contribution in [-0.2, 0) is 0 Å². The van der Waals surface area contributed by atoms with Gasteiger partial charge in [0.2, 0.25) is 0 Å². The Balaban J connectivity index is 3.19. The molecule has 0 radical (unpaired) electrons.